The predicted octanol–water partition coefficient (Wildman–Crippen LogP) is 3.01. The van der Waals surface area contributed by atoms with Gasteiger partial charge in [-0.25, -0.2) is 0 Å². The van der Waals surface area contributed by atoms with Gasteiger partial charge < -0.3 is 0 Å². The van der Waals surface area contributed by atoms with Crippen LogP contribution in [0, 0.1) is 0 Å². The van der Waals surface area contributed by atoms with Gasteiger partial charge in [0.15, 0.2) is 0 Å². The number of hydrogen-bond donors (Lipinski definition) is 0. The molecule has 1 aromatic carbocycles. The minimum Gasteiger partial charge on any atom is -0.298 e. The van der Waals surface area contributed by atoms with E-state index in [-0.39, 0.29) is 0 Å². The highest BCUT2D eigenvalue weighted by Crippen LogP contribution is 2.28. The molecule has 2 saturated heterocycles. The zero-order valence-electron chi connectivity index (χ0n) is 11.0. The van der Waals surface area contributed by atoms with E-state index < -0.39 is 0 Å². The van der Waals surface area contributed by atoms with E-state index >= 15 is 0 Å². The molecule has 98 valence electrons. The molecule has 18 heavy (non-hydrogen) atoms. The number of piperazine rings is 1. The fraction of sp³-hybridized carbons (Fsp3) is 0.600. The van der Waals surface area contributed by atoms with Crippen LogP contribution >= 0.6 is 11.6 Å². The Bertz CT molecular complexity index is 421. The third-order valence-corrected chi connectivity index (χ3v) is 4.92. The van der Waals surface area contributed by atoms with Crippen molar-refractivity contribution in [1.82, 2.24) is 9.80 Å². The van der Waals surface area contributed by atoms with Crippen molar-refractivity contribution < 1.29 is 0 Å². The van der Waals surface area contributed by atoms with Gasteiger partial charge in [0, 0.05) is 36.7 Å². The van der Waals surface area contributed by atoms with Crippen molar-refractivity contribution in [3.8, 4) is 0 Å². The molecule has 0 bridgehead atoms. The topological polar surface area (TPSA) is 6.48 Å². The number of rotatable bonds is 2. The minimum absolute atomic E-state index is 0.650. The molecule has 3 heteroatoms. The lowest BCUT2D eigenvalue weighted by atomic mass is 10.0. The molecule has 2 aliphatic rings. The fourth-order valence-electron chi connectivity index (χ4n) is 3.45. The van der Waals surface area contributed by atoms with Crippen LogP contribution in [0.2, 0.25) is 5.02 Å². The van der Waals surface area contributed by atoms with Crippen LogP contribution < -0.4 is 0 Å². The van der Waals surface area contributed by atoms with Gasteiger partial charge >= 0.3 is 0 Å². The van der Waals surface area contributed by atoms with Crippen LogP contribution in [-0.4, -0.2) is 41.5 Å². The minimum atomic E-state index is 0.650. The zero-order valence-corrected chi connectivity index (χ0v) is 11.7. The summed E-state index contributed by atoms with van der Waals surface area (Å²) in [5, 5.41) is 0.901. The number of nitrogens with zero attached hydrogens (tertiary/aromatic N) is 2. The van der Waals surface area contributed by atoms with Crippen LogP contribution in [0.5, 0.6) is 0 Å². The van der Waals surface area contributed by atoms with Gasteiger partial charge in [-0.2, -0.15) is 0 Å². The van der Waals surface area contributed by atoms with Crippen LogP contribution in [0.4, 0.5) is 0 Å². The molecule has 2 unspecified atom stereocenters. The summed E-state index contributed by atoms with van der Waals surface area (Å²) in [5.74, 6) is 0. The number of benzene rings is 1. The van der Waals surface area contributed by atoms with Gasteiger partial charge in [0.05, 0.1) is 0 Å². The first-order chi connectivity index (χ1) is 8.75. The van der Waals surface area contributed by atoms with Crippen LogP contribution in [0.15, 0.2) is 24.3 Å². The van der Waals surface area contributed by atoms with E-state index in [0.29, 0.717) is 6.04 Å². The lowest BCUT2D eigenvalue weighted by Gasteiger charge is -2.43. The Balaban J connectivity index is 1.72. The van der Waals surface area contributed by atoms with Crippen molar-refractivity contribution in [2.45, 2.75) is 38.4 Å². The monoisotopic (exact) mass is 264 g/mol. The summed E-state index contributed by atoms with van der Waals surface area (Å²) in [7, 11) is 0. The molecule has 0 aromatic heterocycles. The third kappa shape index (κ3) is 2.29. The van der Waals surface area contributed by atoms with Gasteiger partial charge in [-0.3, -0.25) is 9.80 Å². The molecule has 2 atom stereocenters. The average molecular weight is 265 g/mol. The second kappa shape index (κ2) is 5.20. The molecule has 0 N–H and O–H groups in total. The normalized spacial score (nSPS) is 29.4. The van der Waals surface area contributed by atoms with E-state index in [1.165, 1.54) is 38.0 Å². The Hall–Kier alpha value is -0.570. The molecule has 1 aromatic rings. The fourth-order valence-corrected chi connectivity index (χ4v) is 3.64. The SMILES string of the molecule is CC1C2CCCN2CCN1Cc1ccccc1Cl. The Morgan fingerprint density at radius 3 is 2.89 bits per heavy atom. The molecule has 0 aliphatic carbocycles. The van der Waals surface area contributed by atoms with Gasteiger partial charge in [0.25, 0.3) is 0 Å². The van der Waals surface area contributed by atoms with Crippen molar-refractivity contribution in [1.29, 1.82) is 0 Å². The van der Waals surface area contributed by atoms with Gasteiger partial charge in [-0.1, -0.05) is 29.8 Å². The second-order valence-electron chi connectivity index (χ2n) is 5.55. The molecule has 0 spiro atoms. The quantitative estimate of drug-likeness (QED) is 0.810. The molecule has 0 saturated carbocycles. The van der Waals surface area contributed by atoms with Crippen molar-refractivity contribution >= 4 is 11.6 Å². The van der Waals surface area contributed by atoms with Crippen molar-refractivity contribution in [3.05, 3.63) is 34.9 Å². The summed E-state index contributed by atoms with van der Waals surface area (Å²) >= 11 is 6.27. The Labute approximate surface area is 115 Å². The smallest absolute Gasteiger partial charge is 0.0451 e. The first-order valence-electron chi connectivity index (χ1n) is 6.97. The van der Waals surface area contributed by atoms with Gasteiger partial charge in [0.1, 0.15) is 0 Å². The second-order valence-corrected chi connectivity index (χ2v) is 5.96. The van der Waals surface area contributed by atoms with Crippen LogP contribution in [0.3, 0.4) is 0 Å². The lowest BCUT2D eigenvalue weighted by molar-refractivity contribution is 0.0470. The van der Waals surface area contributed by atoms with Crippen molar-refractivity contribution in [2.75, 3.05) is 19.6 Å². The first kappa shape index (κ1) is 12.5. The third-order valence-electron chi connectivity index (χ3n) is 4.55. The zero-order chi connectivity index (χ0) is 12.5. The summed E-state index contributed by atoms with van der Waals surface area (Å²) < 4.78 is 0. The predicted molar refractivity (Wildman–Crippen MR) is 75.9 cm³/mol. The van der Waals surface area contributed by atoms with E-state index in [1.54, 1.807) is 0 Å². The van der Waals surface area contributed by atoms with Crippen molar-refractivity contribution in [3.63, 3.8) is 0 Å². The number of hydrogen-bond acceptors (Lipinski definition) is 2. The van der Waals surface area contributed by atoms with Gasteiger partial charge in [-0.05, 0) is 37.9 Å². The molecule has 2 fully saturated rings. The molecular formula is C15H21ClN2. The Morgan fingerprint density at radius 2 is 2.06 bits per heavy atom. The van der Waals surface area contributed by atoms with E-state index in [9.17, 15) is 0 Å². The van der Waals surface area contributed by atoms with Gasteiger partial charge in [0.2, 0.25) is 0 Å². The summed E-state index contributed by atoms with van der Waals surface area (Å²) in [6.07, 6.45) is 2.73. The van der Waals surface area contributed by atoms with Crippen molar-refractivity contribution in [2.24, 2.45) is 0 Å². The molecule has 0 radical (unpaired) electrons. The maximum atomic E-state index is 6.27. The number of fused-ring (bicyclic) bond motifs is 1. The summed E-state index contributed by atoms with van der Waals surface area (Å²) in [6.45, 7) is 7.06. The van der Waals surface area contributed by atoms with Crippen LogP contribution in [-0.2, 0) is 6.54 Å². The van der Waals surface area contributed by atoms with E-state index in [0.717, 1.165) is 17.6 Å². The lowest BCUT2D eigenvalue weighted by Crippen LogP contribution is -2.55. The molecular weight excluding hydrogens is 244 g/mol. The average Bonchev–Trinajstić information content (AvgIpc) is 2.84. The molecule has 2 aliphatic heterocycles. The number of halogens is 1. The van der Waals surface area contributed by atoms with E-state index in [4.69, 9.17) is 11.6 Å². The van der Waals surface area contributed by atoms with Crippen LogP contribution in [0.1, 0.15) is 25.3 Å². The highest BCUT2D eigenvalue weighted by Gasteiger charge is 2.36. The van der Waals surface area contributed by atoms with E-state index in [1.807, 2.05) is 12.1 Å². The van der Waals surface area contributed by atoms with E-state index in [2.05, 4.69) is 28.9 Å². The standard InChI is InChI=1S/C15H21ClN2/c1-12-15-7-4-8-17(15)9-10-18(12)11-13-5-2-3-6-14(13)16/h2-3,5-6,12,15H,4,7-11H2,1H3. The molecule has 3 rings (SSSR count). The van der Waals surface area contributed by atoms with Crippen LogP contribution in [0.25, 0.3) is 0 Å². The Morgan fingerprint density at radius 1 is 1.22 bits per heavy atom. The summed E-state index contributed by atoms with van der Waals surface area (Å²) in [5.41, 5.74) is 1.26. The highest BCUT2D eigenvalue weighted by molar-refractivity contribution is 6.31. The molecule has 0 amide bonds. The molecule has 2 nitrogen and oxygen atoms in total. The summed E-state index contributed by atoms with van der Waals surface area (Å²) in [6, 6.07) is 9.64. The maximum absolute atomic E-state index is 6.27. The Kier molecular flexibility index (Phi) is 3.60. The largest absolute Gasteiger partial charge is 0.298 e. The maximum Gasteiger partial charge on any atom is 0.0451 e. The molecule has 2 heterocycles. The summed E-state index contributed by atoms with van der Waals surface area (Å²) in [4.78, 5) is 5.25. The first-order valence-corrected chi connectivity index (χ1v) is 7.35. The van der Waals surface area contributed by atoms with Gasteiger partial charge in [-0.15, -0.1) is 0 Å². The highest BCUT2D eigenvalue weighted by atomic mass is 35.5.